The van der Waals surface area contributed by atoms with Crippen molar-refractivity contribution in [3.05, 3.63) is 0 Å². The minimum atomic E-state index is -1.52. The number of hydrogen-bond acceptors (Lipinski definition) is 4. The fourth-order valence-electron chi connectivity index (χ4n) is 1.10. The van der Waals surface area contributed by atoms with Gasteiger partial charge < -0.3 is 19.7 Å². The van der Waals surface area contributed by atoms with Crippen LogP contribution >= 0.6 is 0 Å². The quantitative estimate of drug-likeness (QED) is 0.566. The van der Waals surface area contributed by atoms with Crippen molar-refractivity contribution in [1.29, 1.82) is 0 Å². The van der Waals surface area contributed by atoms with Crippen LogP contribution in [0.4, 0.5) is 0 Å². The molecule has 2 N–H and O–H groups in total. The molecule has 11 heavy (non-hydrogen) atoms. The predicted octanol–water partition coefficient (Wildman–Crippen LogP) is -0.161. The van der Waals surface area contributed by atoms with Crippen LogP contribution < -0.4 is 0 Å². The summed E-state index contributed by atoms with van der Waals surface area (Å²) in [6.45, 7) is 2.52. The highest BCUT2D eigenvalue weighted by atomic mass is 16.7. The molecule has 2 atom stereocenters. The molecule has 4 heteroatoms. The summed E-state index contributed by atoms with van der Waals surface area (Å²) in [6, 6.07) is 0. The Morgan fingerprint density at radius 2 is 2.27 bits per heavy atom. The van der Waals surface area contributed by atoms with E-state index in [2.05, 4.69) is 0 Å². The molecule has 0 amide bonds. The van der Waals surface area contributed by atoms with Crippen molar-refractivity contribution in [2.45, 2.75) is 38.4 Å². The summed E-state index contributed by atoms with van der Waals surface area (Å²) in [7, 11) is 0. The Kier molecular flexibility index (Phi) is 3.26. The van der Waals surface area contributed by atoms with Gasteiger partial charge in [-0.25, -0.2) is 0 Å². The van der Waals surface area contributed by atoms with Gasteiger partial charge in [0.1, 0.15) is 0 Å². The molecule has 0 radical (unpaired) electrons. The van der Waals surface area contributed by atoms with E-state index in [0.717, 1.165) is 12.8 Å². The van der Waals surface area contributed by atoms with E-state index in [0.29, 0.717) is 6.61 Å². The number of ether oxygens (including phenoxy) is 2. The Hall–Kier alpha value is -0.160. The molecule has 0 saturated carbocycles. The van der Waals surface area contributed by atoms with E-state index in [1.54, 1.807) is 0 Å². The van der Waals surface area contributed by atoms with Crippen molar-refractivity contribution in [2.24, 2.45) is 0 Å². The molecule has 1 aliphatic rings. The van der Waals surface area contributed by atoms with Crippen LogP contribution in [0.25, 0.3) is 0 Å². The number of rotatable bonds is 3. The maximum atomic E-state index is 8.64. The Balaban J connectivity index is 2.23. The predicted molar refractivity (Wildman–Crippen MR) is 37.7 cm³/mol. The minimum Gasteiger partial charge on any atom is -0.364 e. The fourth-order valence-corrected chi connectivity index (χ4v) is 1.10. The highest BCUT2D eigenvalue weighted by Gasteiger charge is 2.29. The molecule has 0 bridgehead atoms. The molecular weight excluding hydrogens is 148 g/mol. The first kappa shape index (κ1) is 8.93. The second-order valence-electron chi connectivity index (χ2n) is 2.66. The largest absolute Gasteiger partial charge is 0.364 e. The minimum absolute atomic E-state index is 0.0341. The molecule has 0 aromatic carbocycles. The summed E-state index contributed by atoms with van der Waals surface area (Å²) in [5.74, 6) is 0. The molecule has 0 aromatic rings. The Morgan fingerprint density at radius 1 is 1.55 bits per heavy atom. The van der Waals surface area contributed by atoms with Gasteiger partial charge in [-0.1, -0.05) is 13.3 Å². The summed E-state index contributed by atoms with van der Waals surface area (Å²) in [6.07, 6.45) is -0.402. The van der Waals surface area contributed by atoms with Gasteiger partial charge in [0, 0.05) is 0 Å². The Morgan fingerprint density at radius 3 is 2.73 bits per heavy atom. The SMILES string of the molecule is CCCC1COC(C(O)O)O1. The van der Waals surface area contributed by atoms with Gasteiger partial charge in [0.25, 0.3) is 0 Å². The van der Waals surface area contributed by atoms with Crippen molar-refractivity contribution in [3.8, 4) is 0 Å². The summed E-state index contributed by atoms with van der Waals surface area (Å²) in [5, 5.41) is 17.3. The molecular formula is C7H14O4. The van der Waals surface area contributed by atoms with Crippen LogP contribution in [0, 0.1) is 0 Å². The molecule has 0 aromatic heterocycles. The molecule has 1 rings (SSSR count). The van der Waals surface area contributed by atoms with Crippen molar-refractivity contribution in [1.82, 2.24) is 0 Å². The zero-order chi connectivity index (χ0) is 8.27. The van der Waals surface area contributed by atoms with E-state index < -0.39 is 12.6 Å². The average Bonchev–Trinajstić information content (AvgIpc) is 2.37. The van der Waals surface area contributed by atoms with Gasteiger partial charge in [0.2, 0.25) is 12.6 Å². The fraction of sp³-hybridized carbons (Fsp3) is 1.00. The maximum absolute atomic E-state index is 8.64. The summed E-state index contributed by atoms with van der Waals surface area (Å²) < 4.78 is 10.1. The topological polar surface area (TPSA) is 58.9 Å². The van der Waals surface area contributed by atoms with Gasteiger partial charge in [0.15, 0.2) is 0 Å². The molecule has 66 valence electrons. The number of hydrogen-bond donors (Lipinski definition) is 2. The lowest BCUT2D eigenvalue weighted by atomic mass is 10.2. The first-order valence-corrected chi connectivity index (χ1v) is 3.87. The first-order valence-electron chi connectivity index (χ1n) is 3.87. The third-order valence-electron chi connectivity index (χ3n) is 1.63. The lowest BCUT2D eigenvalue weighted by Gasteiger charge is -2.11. The number of aliphatic hydroxyl groups excluding tert-OH is 1. The summed E-state index contributed by atoms with van der Waals surface area (Å²) in [4.78, 5) is 0. The van der Waals surface area contributed by atoms with E-state index >= 15 is 0 Å². The van der Waals surface area contributed by atoms with Crippen LogP contribution in [0.3, 0.4) is 0 Å². The third kappa shape index (κ3) is 2.41. The van der Waals surface area contributed by atoms with E-state index in [4.69, 9.17) is 19.7 Å². The second kappa shape index (κ2) is 4.01. The second-order valence-corrected chi connectivity index (χ2v) is 2.66. The van der Waals surface area contributed by atoms with Crippen LogP contribution in [0.5, 0.6) is 0 Å². The monoisotopic (exact) mass is 162 g/mol. The Bertz CT molecular complexity index is 115. The van der Waals surface area contributed by atoms with Gasteiger partial charge in [-0.3, -0.25) is 0 Å². The zero-order valence-corrected chi connectivity index (χ0v) is 6.56. The van der Waals surface area contributed by atoms with Gasteiger partial charge in [0.05, 0.1) is 12.7 Å². The van der Waals surface area contributed by atoms with Crippen molar-refractivity contribution in [3.63, 3.8) is 0 Å². The highest BCUT2D eigenvalue weighted by molar-refractivity contribution is 4.65. The van der Waals surface area contributed by atoms with Crippen LogP contribution in [0.2, 0.25) is 0 Å². The first-order chi connectivity index (χ1) is 5.24. The smallest absolute Gasteiger partial charge is 0.209 e. The molecule has 4 nitrogen and oxygen atoms in total. The zero-order valence-electron chi connectivity index (χ0n) is 6.56. The third-order valence-corrected chi connectivity index (χ3v) is 1.63. The molecule has 1 fully saturated rings. The standard InChI is InChI=1S/C7H14O4/c1-2-3-5-4-10-7(11-5)6(8)9/h5-9H,2-4H2,1H3. The van der Waals surface area contributed by atoms with Gasteiger partial charge >= 0.3 is 0 Å². The molecule has 1 aliphatic heterocycles. The van der Waals surface area contributed by atoms with Gasteiger partial charge in [-0.2, -0.15) is 0 Å². The van der Waals surface area contributed by atoms with Crippen molar-refractivity contribution in [2.75, 3.05) is 6.61 Å². The van der Waals surface area contributed by atoms with E-state index in [9.17, 15) is 0 Å². The van der Waals surface area contributed by atoms with E-state index in [1.165, 1.54) is 0 Å². The van der Waals surface area contributed by atoms with Crippen LogP contribution in [0.15, 0.2) is 0 Å². The van der Waals surface area contributed by atoms with Crippen LogP contribution in [0.1, 0.15) is 19.8 Å². The Labute approximate surface area is 65.7 Å². The summed E-state index contributed by atoms with van der Waals surface area (Å²) >= 11 is 0. The van der Waals surface area contributed by atoms with Crippen LogP contribution in [-0.4, -0.2) is 35.5 Å². The average molecular weight is 162 g/mol. The summed E-state index contributed by atoms with van der Waals surface area (Å²) in [5.41, 5.74) is 0. The van der Waals surface area contributed by atoms with Gasteiger partial charge in [-0.05, 0) is 6.42 Å². The molecule has 2 unspecified atom stereocenters. The van der Waals surface area contributed by atoms with Crippen LogP contribution in [-0.2, 0) is 9.47 Å². The lowest BCUT2D eigenvalue weighted by molar-refractivity contribution is -0.210. The van der Waals surface area contributed by atoms with E-state index in [1.807, 2.05) is 6.92 Å². The van der Waals surface area contributed by atoms with E-state index in [-0.39, 0.29) is 6.10 Å². The normalized spacial score (nSPS) is 31.6. The molecule has 0 spiro atoms. The molecule has 1 heterocycles. The van der Waals surface area contributed by atoms with Gasteiger partial charge in [-0.15, -0.1) is 0 Å². The molecule has 1 saturated heterocycles. The van der Waals surface area contributed by atoms with Crippen molar-refractivity contribution >= 4 is 0 Å². The lowest BCUT2D eigenvalue weighted by Crippen LogP contribution is -2.26. The number of aliphatic hydroxyl groups is 2. The highest BCUT2D eigenvalue weighted by Crippen LogP contribution is 2.16. The maximum Gasteiger partial charge on any atom is 0.209 e. The molecule has 0 aliphatic carbocycles. The van der Waals surface area contributed by atoms with Crippen molar-refractivity contribution < 1.29 is 19.7 Å².